The summed E-state index contributed by atoms with van der Waals surface area (Å²) in [5.41, 5.74) is 0. The van der Waals surface area contributed by atoms with Gasteiger partial charge in [0.05, 0.1) is 12.8 Å². The zero-order valence-electron chi connectivity index (χ0n) is 13.3. The number of nitrogens with one attached hydrogen (secondary N) is 1. The SMILES string of the molecule is O=C(NCCOc1cccc2ccccc12)C1CC1c1ccco1. The molecule has 4 heteroatoms. The van der Waals surface area contributed by atoms with Crippen LogP contribution in [0.25, 0.3) is 10.8 Å². The van der Waals surface area contributed by atoms with Crippen LogP contribution in [0.2, 0.25) is 0 Å². The predicted octanol–water partition coefficient (Wildman–Crippen LogP) is 3.73. The van der Waals surface area contributed by atoms with Gasteiger partial charge in [0.1, 0.15) is 18.1 Å². The molecular formula is C20H19NO3. The Hall–Kier alpha value is -2.75. The van der Waals surface area contributed by atoms with E-state index in [2.05, 4.69) is 17.4 Å². The Labute approximate surface area is 140 Å². The molecule has 4 rings (SSSR count). The quantitative estimate of drug-likeness (QED) is 0.704. The van der Waals surface area contributed by atoms with Crippen molar-refractivity contribution >= 4 is 16.7 Å². The van der Waals surface area contributed by atoms with E-state index in [1.54, 1.807) is 6.26 Å². The van der Waals surface area contributed by atoms with Crippen molar-refractivity contribution in [1.29, 1.82) is 0 Å². The number of hydrogen-bond donors (Lipinski definition) is 1. The predicted molar refractivity (Wildman–Crippen MR) is 92.0 cm³/mol. The molecule has 122 valence electrons. The molecule has 0 radical (unpaired) electrons. The first-order valence-electron chi connectivity index (χ1n) is 8.24. The van der Waals surface area contributed by atoms with Gasteiger partial charge in [-0.1, -0.05) is 36.4 Å². The van der Waals surface area contributed by atoms with Gasteiger partial charge < -0.3 is 14.5 Å². The highest BCUT2D eigenvalue weighted by Crippen LogP contribution is 2.47. The van der Waals surface area contributed by atoms with Crippen LogP contribution in [-0.2, 0) is 4.79 Å². The van der Waals surface area contributed by atoms with Gasteiger partial charge in [0.25, 0.3) is 0 Å². The lowest BCUT2D eigenvalue weighted by atomic mass is 10.1. The maximum absolute atomic E-state index is 12.1. The number of furan rings is 1. The second-order valence-corrected chi connectivity index (χ2v) is 6.08. The van der Waals surface area contributed by atoms with Gasteiger partial charge in [0.15, 0.2) is 0 Å². The van der Waals surface area contributed by atoms with Crippen molar-refractivity contribution in [3.8, 4) is 5.75 Å². The fraction of sp³-hybridized carbons (Fsp3) is 0.250. The van der Waals surface area contributed by atoms with Gasteiger partial charge in [-0.05, 0) is 30.0 Å². The maximum atomic E-state index is 12.1. The summed E-state index contributed by atoms with van der Waals surface area (Å²) in [6.45, 7) is 0.960. The normalized spacial score (nSPS) is 19.2. The van der Waals surface area contributed by atoms with Crippen LogP contribution in [0.5, 0.6) is 5.75 Å². The summed E-state index contributed by atoms with van der Waals surface area (Å²) in [5, 5.41) is 5.19. The summed E-state index contributed by atoms with van der Waals surface area (Å²) >= 11 is 0. The molecule has 1 heterocycles. The van der Waals surface area contributed by atoms with E-state index in [0.29, 0.717) is 13.2 Å². The van der Waals surface area contributed by atoms with E-state index in [9.17, 15) is 4.79 Å². The molecule has 3 aromatic rings. The molecule has 1 fully saturated rings. The van der Waals surface area contributed by atoms with Crippen LogP contribution in [0.15, 0.2) is 65.3 Å². The Morgan fingerprint density at radius 2 is 2.00 bits per heavy atom. The Morgan fingerprint density at radius 1 is 1.12 bits per heavy atom. The molecule has 24 heavy (non-hydrogen) atoms. The van der Waals surface area contributed by atoms with Gasteiger partial charge in [-0.15, -0.1) is 0 Å². The van der Waals surface area contributed by atoms with Crippen molar-refractivity contribution in [2.75, 3.05) is 13.2 Å². The molecule has 1 amide bonds. The molecule has 1 aromatic heterocycles. The molecule has 2 atom stereocenters. The number of carbonyl (C=O) groups is 1. The molecule has 1 N–H and O–H groups in total. The summed E-state index contributed by atoms with van der Waals surface area (Å²) < 4.78 is 11.2. The summed E-state index contributed by atoms with van der Waals surface area (Å²) in [4.78, 5) is 12.1. The number of rotatable bonds is 6. The minimum Gasteiger partial charge on any atom is -0.491 e. The van der Waals surface area contributed by atoms with Crippen LogP contribution in [0.1, 0.15) is 18.1 Å². The minimum absolute atomic E-state index is 0.0358. The third-order valence-corrected chi connectivity index (χ3v) is 4.44. The molecule has 2 aromatic carbocycles. The molecule has 0 spiro atoms. The van der Waals surface area contributed by atoms with Gasteiger partial charge in [0, 0.05) is 17.2 Å². The number of amides is 1. The number of benzene rings is 2. The summed E-state index contributed by atoms with van der Waals surface area (Å²) in [6.07, 6.45) is 2.52. The van der Waals surface area contributed by atoms with Gasteiger partial charge in [-0.2, -0.15) is 0 Å². The van der Waals surface area contributed by atoms with Gasteiger partial charge in [-0.25, -0.2) is 0 Å². The molecule has 0 bridgehead atoms. The fourth-order valence-corrected chi connectivity index (χ4v) is 3.09. The van der Waals surface area contributed by atoms with Crippen molar-refractivity contribution in [1.82, 2.24) is 5.32 Å². The summed E-state index contributed by atoms with van der Waals surface area (Å²) in [6, 6.07) is 17.9. The fourth-order valence-electron chi connectivity index (χ4n) is 3.09. The first-order chi connectivity index (χ1) is 11.8. The van der Waals surface area contributed by atoms with E-state index in [4.69, 9.17) is 9.15 Å². The minimum atomic E-state index is 0.0358. The third kappa shape index (κ3) is 3.00. The van der Waals surface area contributed by atoms with Crippen LogP contribution in [0.4, 0.5) is 0 Å². The van der Waals surface area contributed by atoms with Crippen LogP contribution in [-0.4, -0.2) is 19.1 Å². The van der Waals surface area contributed by atoms with Crippen molar-refractivity contribution in [2.45, 2.75) is 12.3 Å². The highest BCUT2D eigenvalue weighted by atomic mass is 16.5. The molecule has 0 aliphatic heterocycles. The topological polar surface area (TPSA) is 51.5 Å². The zero-order valence-corrected chi connectivity index (χ0v) is 13.3. The Kier molecular flexibility index (Phi) is 3.95. The third-order valence-electron chi connectivity index (χ3n) is 4.44. The van der Waals surface area contributed by atoms with E-state index in [0.717, 1.165) is 28.7 Å². The van der Waals surface area contributed by atoms with Crippen LogP contribution < -0.4 is 10.1 Å². The molecule has 1 aliphatic rings. The van der Waals surface area contributed by atoms with E-state index in [1.807, 2.05) is 42.5 Å². The van der Waals surface area contributed by atoms with Crippen LogP contribution >= 0.6 is 0 Å². The van der Waals surface area contributed by atoms with Gasteiger partial charge >= 0.3 is 0 Å². The molecule has 1 saturated carbocycles. The average molecular weight is 321 g/mol. The number of hydrogen-bond acceptors (Lipinski definition) is 3. The standard InChI is InChI=1S/C20H19NO3/c22-20(17-13-16(17)19-9-4-11-23-19)21-10-12-24-18-8-3-6-14-5-1-2-7-15(14)18/h1-9,11,16-17H,10,12-13H2,(H,21,22). The lowest BCUT2D eigenvalue weighted by molar-refractivity contribution is -0.122. The van der Waals surface area contributed by atoms with Crippen molar-refractivity contribution in [3.63, 3.8) is 0 Å². The Bertz CT molecular complexity index is 836. The van der Waals surface area contributed by atoms with Gasteiger partial charge in [-0.3, -0.25) is 4.79 Å². The highest BCUT2D eigenvalue weighted by molar-refractivity contribution is 5.88. The van der Waals surface area contributed by atoms with Crippen LogP contribution in [0.3, 0.4) is 0 Å². The van der Waals surface area contributed by atoms with Crippen molar-refractivity contribution in [3.05, 3.63) is 66.6 Å². The van der Waals surface area contributed by atoms with Crippen molar-refractivity contribution in [2.24, 2.45) is 5.92 Å². The maximum Gasteiger partial charge on any atom is 0.223 e. The number of carbonyl (C=O) groups excluding carboxylic acids is 1. The van der Waals surface area contributed by atoms with Gasteiger partial charge in [0.2, 0.25) is 5.91 Å². The molecular weight excluding hydrogens is 302 g/mol. The van der Waals surface area contributed by atoms with Crippen LogP contribution in [0, 0.1) is 5.92 Å². The van der Waals surface area contributed by atoms with E-state index < -0.39 is 0 Å². The summed E-state index contributed by atoms with van der Waals surface area (Å²) in [5.74, 6) is 2.11. The summed E-state index contributed by atoms with van der Waals surface area (Å²) in [7, 11) is 0. The monoisotopic (exact) mass is 321 g/mol. The zero-order chi connectivity index (χ0) is 16.4. The average Bonchev–Trinajstić information content (AvgIpc) is 3.24. The van der Waals surface area contributed by atoms with E-state index in [-0.39, 0.29) is 17.7 Å². The molecule has 0 saturated heterocycles. The second-order valence-electron chi connectivity index (χ2n) is 6.08. The lowest BCUT2D eigenvalue weighted by Gasteiger charge is -2.10. The molecule has 2 unspecified atom stereocenters. The molecule has 4 nitrogen and oxygen atoms in total. The Morgan fingerprint density at radius 3 is 2.88 bits per heavy atom. The number of ether oxygens (including phenoxy) is 1. The van der Waals surface area contributed by atoms with E-state index >= 15 is 0 Å². The lowest BCUT2D eigenvalue weighted by Crippen LogP contribution is -2.29. The second kappa shape index (κ2) is 6.40. The first-order valence-corrected chi connectivity index (χ1v) is 8.24. The van der Waals surface area contributed by atoms with Crippen molar-refractivity contribution < 1.29 is 13.9 Å². The molecule has 1 aliphatic carbocycles. The largest absolute Gasteiger partial charge is 0.491 e. The first kappa shape index (κ1) is 14.8. The number of fused-ring (bicyclic) bond motifs is 1. The highest BCUT2D eigenvalue weighted by Gasteiger charge is 2.45. The smallest absolute Gasteiger partial charge is 0.223 e. The Balaban J connectivity index is 1.27. The van der Waals surface area contributed by atoms with E-state index in [1.165, 1.54) is 0 Å².